The van der Waals surface area contributed by atoms with Gasteiger partial charge in [-0.1, -0.05) is 5.41 Å². The normalized spacial score (nSPS) is 18.9. The zero-order chi connectivity index (χ0) is 7.45. The van der Waals surface area contributed by atoms with E-state index >= 15 is 0 Å². The van der Waals surface area contributed by atoms with Crippen molar-refractivity contribution in [1.29, 1.82) is 0 Å². The second-order valence-electron chi connectivity index (χ2n) is 2.97. The van der Waals surface area contributed by atoms with Crippen molar-refractivity contribution in [2.45, 2.75) is 12.8 Å². The maximum Gasteiger partial charge on any atom is 2.00 e. The molecule has 0 radical (unpaired) electrons. The van der Waals surface area contributed by atoms with Gasteiger partial charge in [0.1, 0.15) is 0 Å². The quantitative estimate of drug-likeness (QED) is 0.677. The van der Waals surface area contributed by atoms with E-state index in [4.69, 9.17) is 16.2 Å². The number of nitrogens with one attached hydrogen (secondary N) is 2. The van der Waals surface area contributed by atoms with E-state index in [0.717, 1.165) is 26.1 Å². The van der Waals surface area contributed by atoms with Gasteiger partial charge in [0.2, 0.25) is 0 Å². The Hall–Kier alpha value is 0.488. The largest absolute Gasteiger partial charge is 2.00 e. The Balaban J connectivity index is -0.000000333. The van der Waals surface area contributed by atoms with Crippen LogP contribution in [0.2, 0.25) is 0 Å². The number of hydrogen-bond donors (Lipinski definition) is 0. The summed E-state index contributed by atoms with van der Waals surface area (Å²) in [5.41, 5.74) is 14.5. The van der Waals surface area contributed by atoms with E-state index < -0.39 is 0 Å². The smallest absolute Gasteiger partial charge is 0.677 e. The zero-order valence-electron chi connectivity index (χ0n) is 7.47. The van der Waals surface area contributed by atoms with Crippen molar-refractivity contribution in [2.75, 3.05) is 26.3 Å². The van der Waals surface area contributed by atoms with Gasteiger partial charge in [-0.3, -0.25) is 0 Å². The van der Waals surface area contributed by atoms with E-state index in [1.807, 2.05) is 0 Å². The van der Waals surface area contributed by atoms with Gasteiger partial charge in [-0.15, -0.1) is 13.1 Å². The Morgan fingerprint density at radius 2 is 1.38 bits per heavy atom. The van der Waals surface area contributed by atoms with Crippen LogP contribution in [0, 0.1) is 5.41 Å². The summed E-state index contributed by atoms with van der Waals surface area (Å²) in [6.45, 7) is 2.27. The van der Waals surface area contributed by atoms with Crippen LogP contribution in [0.5, 0.6) is 0 Å². The molecule has 1 heterocycles. The molecule has 1 aliphatic rings. The van der Waals surface area contributed by atoms with Crippen molar-refractivity contribution in [3.63, 3.8) is 0 Å². The molecule has 0 amide bonds. The zero-order valence-corrected chi connectivity index (χ0v) is 9.74. The molecule has 0 unspecified atom stereocenters. The summed E-state index contributed by atoms with van der Waals surface area (Å²) in [7, 11) is 0. The third-order valence-electron chi connectivity index (χ3n) is 2.30. The van der Waals surface area contributed by atoms with Crippen LogP contribution >= 0.6 is 0 Å². The predicted molar refractivity (Wildman–Crippen MR) is 48.1 cm³/mol. The van der Waals surface area contributed by atoms with Gasteiger partial charge in [0.25, 0.3) is 0 Å². The standard InChI is InChI=1S/C7H14N2O.2H2O.Pt/c8-5-7(6-9)1-3-10-4-2-7;;;/h8-9H,1-6H2;2*1H2;/q-2;;;+2. The summed E-state index contributed by atoms with van der Waals surface area (Å²) < 4.78 is 5.16. The van der Waals surface area contributed by atoms with Crippen LogP contribution < -0.4 is 0 Å². The molecule has 6 N–H and O–H groups in total. The van der Waals surface area contributed by atoms with Gasteiger partial charge in [-0.25, -0.2) is 0 Å². The van der Waals surface area contributed by atoms with E-state index in [2.05, 4.69) is 0 Å². The van der Waals surface area contributed by atoms with Crippen molar-refractivity contribution in [3.05, 3.63) is 11.5 Å². The Morgan fingerprint density at radius 3 is 1.62 bits per heavy atom. The third kappa shape index (κ3) is 5.05. The van der Waals surface area contributed by atoms with Crippen molar-refractivity contribution in [2.24, 2.45) is 5.41 Å². The maximum absolute atomic E-state index is 7.27. The minimum Gasteiger partial charge on any atom is -0.677 e. The molecule has 1 aliphatic heterocycles. The molecule has 13 heavy (non-hydrogen) atoms. The van der Waals surface area contributed by atoms with Crippen LogP contribution in [-0.4, -0.2) is 37.3 Å². The molecule has 0 atom stereocenters. The second-order valence-corrected chi connectivity index (χ2v) is 2.97. The monoisotopic (exact) mass is 373 g/mol. The van der Waals surface area contributed by atoms with Gasteiger partial charge in [-0.2, -0.15) is 0 Å². The molecule has 84 valence electrons. The Bertz CT molecular complexity index is 104. The average molecular weight is 373 g/mol. The fourth-order valence-electron chi connectivity index (χ4n) is 1.22. The van der Waals surface area contributed by atoms with Crippen LogP contribution in [0.3, 0.4) is 0 Å². The first-order chi connectivity index (χ1) is 4.83. The van der Waals surface area contributed by atoms with Crippen LogP contribution in [0.1, 0.15) is 12.8 Å². The van der Waals surface area contributed by atoms with Gasteiger partial charge in [0.15, 0.2) is 0 Å². The molecular formula is C7H18N2O3Pt. The SMILES string of the molecule is O.O.[NH-]CC1(C[NH-])CCOCC1.[Pt+2]. The summed E-state index contributed by atoms with van der Waals surface area (Å²) >= 11 is 0. The summed E-state index contributed by atoms with van der Waals surface area (Å²) in [6, 6.07) is 0. The molecule has 0 spiro atoms. The first-order valence-corrected chi connectivity index (χ1v) is 3.70. The molecule has 0 aliphatic carbocycles. The molecule has 0 bridgehead atoms. The van der Waals surface area contributed by atoms with Crippen LogP contribution in [0.15, 0.2) is 0 Å². The van der Waals surface area contributed by atoms with Gasteiger partial charge in [-0.05, 0) is 12.8 Å². The topological polar surface area (TPSA) is 120 Å². The number of ether oxygens (including phenoxy) is 1. The van der Waals surface area contributed by atoms with Crippen LogP contribution in [-0.2, 0) is 25.8 Å². The van der Waals surface area contributed by atoms with E-state index in [-0.39, 0.29) is 37.4 Å². The van der Waals surface area contributed by atoms with Crippen molar-refractivity contribution in [3.8, 4) is 0 Å². The molecule has 5 nitrogen and oxygen atoms in total. The summed E-state index contributed by atoms with van der Waals surface area (Å²) in [4.78, 5) is 0. The maximum atomic E-state index is 7.27. The molecule has 0 saturated carbocycles. The average Bonchev–Trinajstić information content (AvgIpc) is 2.06. The second kappa shape index (κ2) is 9.06. The van der Waals surface area contributed by atoms with Crippen LogP contribution in [0.25, 0.3) is 11.5 Å². The Labute approximate surface area is 93.1 Å². The molecular weight excluding hydrogens is 355 g/mol. The fraction of sp³-hybridized carbons (Fsp3) is 1.00. The van der Waals surface area contributed by atoms with Gasteiger partial charge in [0, 0.05) is 13.2 Å². The van der Waals surface area contributed by atoms with E-state index in [1.54, 1.807) is 0 Å². The molecule has 1 rings (SSSR count). The minimum absolute atomic E-state index is 0. The third-order valence-corrected chi connectivity index (χ3v) is 2.30. The van der Waals surface area contributed by atoms with E-state index in [1.165, 1.54) is 0 Å². The van der Waals surface area contributed by atoms with Crippen LogP contribution in [0.4, 0.5) is 0 Å². The Morgan fingerprint density at radius 1 is 1.00 bits per heavy atom. The predicted octanol–water partition coefficient (Wildman–Crippen LogP) is 0.236. The molecule has 0 aromatic rings. The molecule has 1 fully saturated rings. The fourth-order valence-corrected chi connectivity index (χ4v) is 1.22. The summed E-state index contributed by atoms with van der Waals surface area (Å²) in [5.74, 6) is 0. The summed E-state index contributed by atoms with van der Waals surface area (Å²) in [6.07, 6.45) is 1.81. The minimum atomic E-state index is -0.0295. The van der Waals surface area contributed by atoms with Gasteiger partial charge in [0.05, 0.1) is 0 Å². The first kappa shape index (κ1) is 19.1. The van der Waals surface area contributed by atoms with Crippen molar-refractivity contribution < 1.29 is 36.8 Å². The summed E-state index contributed by atoms with van der Waals surface area (Å²) in [5, 5.41) is 0. The number of hydrogen-bond acceptors (Lipinski definition) is 1. The van der Waals surface area contributed by atoms with Crippen molar-refractivity contribution in [1.82, 2.24) is 0 Å². The van der Waals surface area contributed by atoms with Gasteiger partial charge < -0.3 is 27.2 Å². The number of rotatable bonds is 2. The van der Waals surface area contributed by atoms with Gasteiger partial charge >= 0.3 is 21.1 Å². The van der Waals surface area contributed by atoms with Crippen molar-refractivity contribution >= 4 is 0 Å². The molecule has 6 heteroatoms. The molecule has 1 saturated heterocycles. The first-order valence-electron chi connectivity index (χ1n) is 3.70. The molecule has 0 aromatic carbocycles. The molecule has 0 aromatic heterocycles. The Kier molecular flexibility index (Phi) is 13.3. The van der Waals surface area contributed by atoms with E-state index in [9.17, 15) is 0 Å². The van der Waals surface area contributed by atoms with E-state index in [0.29, 0.717) is 13.1 Å².